The summed E-state index contributed by atoms with van der Waals surface area (Å²) in [6, 6.07) is 6.26. The molecule has 0 aliphatic rings. The normalized spacial score (nSPS) is 11.5. The summed E-state index contributed by atoms with van der Waals surface area (Å²) in [6.45, 7) is 0. The maximum atomic E-state index is 12.6. The largest absolute Gasteiger partial charge is 0.497 e. The van der Waals surface area contributed by atoms with Gasteiger partial charge in [-0.25, -0.2) is 4.98 Å². The molecule has 0 radical (unpaired) electrons. The van der Waals surface area contributed by atoms with Crippen LogP contribution in [0.15, 0.2) is 36.7 Å². The van der Waals surface area contributed by atoms with Crippen molar-refractivity contribution in [2.24, 2.45) is 0 Å². The lowest BCUT2D eigenvalue weighted by Crippen LogP contribution is -2.13. The number of hydrogen-bond acceptors (Lipinski definition) is 2. The Morgan fingerprint density at radius 2 is 1.82 bits per heavy atom. The number of aromatic nitrogens is 2. The van der Waals surface area contributed by atoms with Crippen LogP contribution >= 0.6 is 0 Å². The molecule has 6 heteroatoms. The summed E-state index contributed by atoms with van der Waals surface area (Å²) in [4.78, 5) is 3.31. The second-order valence-electron chi connectivity index (χ2n) is 3.32. The summed E-state index contributed by atoms with van der Waals surface area (Å²) in [6.07, 6.45) is -2.08. The Balaban J connectivity index is 2.43. The van der Waals surface area contributed by atoms with Gasteiger partial charge in [0, 0.05) is 18.1 Å². The van der Waals surface area contributed by atoms with E-state index in [9.17, 15) is 13.2 Å². The van der Waals surface area contributed by atoms with E-state index in [0.717, 1.165) is 10.8 Å². The molecule has 0 fully saturated rings. The molecule has 2 rings (SSSR count). The van der Waals surface area contributed by atoms with E-state index in [4.69, 9.17) is 4.74 Å². The monoisotopic (exact) mass is 242 g/mol. The molecule has 1 aromatic heterocycles. The van der Waals surface area contributed by atoms with Crippen molar-refractivity contribution in [2.45, 2.75) is 6.18 Å². The van der Waals surface area contributed by atoms with Crippen molar-refractivity contribution < 1.29 is 17.9 Å². The SMILES string of the molecule is COc1ccc(-n2ccnc2C(F)(F)F)cc1. The van der Waals surface area contributed by atoms with E-state index in [1.54, 1.807) is 12.1 Å². The molecule has 1 aromatic carbocycles. The van der Waals surface area contributed by atoms with E-state index in [-0.39, 0.29) is 0 Å². The summed E-state index contributed by atoms with van der Waals surface area (Å²) in [5.74, 6) is -0.356. The predicted octanol–water partition coefficient (Wildman–Crippen LogP) is 2.90. The summed E-state index contributed by atoms with van der Waals surface area (Å²) < 4.78 is 43.7. The van der Waals surface area contributed by atoms with Crippen LogP contribution in [0, 0.1) is 0 Å². The fraction of sp³-hybridized carbons (Fsp3) is 0.182. The summed E-state index contributed by atoms with van der Waals surface area (Å²) in [5.41, 5.74) is 0.385. The highest BCUT2D eigenvalue weighted by molar-refractivity contribution is 5.38. The highest BCUT2D eigenvalue weighted by Gasteiger charge is 2.36. The fourth-order valence-corrected chi connectivity index (χ4v) is 1.46. The van der Waals surface area contributed by atoms with E-state index < -0.39 is 12.0 Å². The molecular formula is C11H9F3N2O. The van der Waals surface area contributed by atoms with Crippen molar-refractivity contribution in [1.82, 2.24) is 9.55 Å². The molecule has 0 amide bonds. The van der Waals surface area contributed by atoms with E-state index in [1.165, 1.54) is 25.4 Å². The molecule has 0 spiro atoms. The maximum Gasteiger partial charge on any atom is 0.450 e. The van der Waals surface area contributed by atoms with Crippen LogP contribution in [0.1, 0.15) is 5.82 Å². The zero-order valence-electron chi connectivity index (χ0n) is 8.90. The minimum atomic E-state index is -4.47. The molecule has 17 heavy (non-hydrogen) atoms. The molecule has 0 unspecified atom stereocenters. The van der Waals surface area contributed by atoms with E-state index in [1.807, 2.05) is 0 Å². The topological polar surface area (TPSA) is 27.1 Å². The van der Waals surface area contributed by atoms with Gasteiger partial charge in [-0.1, -0.05) is 0 Å². The number of nitrogens with zero attached hydrogens (tertiary/aromatic N) is 2. The van der Waals surface area contributed by atoms with Gasteiger partial charge in [0.1, 0.15) is 5.75 Å². The number of rotatable bonds is 2. The summed E-state index contributed by atoms with van der Waals surface area (Å²) >= 11 is 0. The summed E-state index contributed by atoms with van der Waals surface area (Å²) in [5, 5.41) is 0. The fourth-order valence-electron chi connectivity index (χ4n) is 1.46. The number of halogens is 3. The number of alkyl halides is 3. The maximum absolute atomic E-state index is 12.6. The Morgan fingerprint density at radius 3 is 2.35 bits per heavy atom. The van der Waals surface area contributed by atoms with E-state index in [2.05, 4.69) is 4.98 Å². The van der Waals surface area contributed by atoms with Gasteiger partial charge in [-0.3, -0.25) is 4.57 Å². The van der Waals surface area contributed by atoms with Crippen molar-refractivity contribution in [3.05, 3.63) is 42.5 Å². The average molecular weight is 242 g/mol. The number of benzene rings is 1. The van der Waals surface area contributed by atoms with Crippen LogP contribution in [0.25, 0.3) is 5.69 Å². The first-order valence-corrected chi connectivity index (χ1v) is 4.77. The first-order valence-electron chi connectivity index (χ1n) is 4.77. The van der Waals surface area contributed by atoms with Crippen LogP contribution in [0.2, 0.25) is 0 Å². The van der Waals surface area contributed by atoms with Gasteiger partial charge in [0.2, 0.25) is 5.82 Å². The van der Waals surface area contributed by atoms with Gasteiger partial charge in [-0.15, -0.1) is 0 Å². The molecule has 0 saturated carbocycles. The lowest BCUT2D eigenvalue weighted by Gasteiger charge is -2.10. The van der Waals surface area contributed by atoms with Gasteiger partial charge in [-0.2, -0.15) is 13.2 Å². The standard InChI is InChI=1S/C11H9F3N2O/c1-17-9-4-2-8(3-5-9)16-7-6-15-10(16)11(12,13)14/h2-7H,1H3. The predicted molar refractivity (Wildman–Crippen MR) is 55.1 cm³/mol. The third-order valence-electron chi connectivity index (χ3n) is 2.24. The lowest BCUT2D eigenvalue weighted by molar-refractivity contribution is -0.145. The Labute approximate surface area is 95.5 Å². The molecule has 0 aliphatic heterocycles. The minimum Gasteiger partial charge on any atom is -0.497 e. The van der Waals surface area contributed by atoms with Crippen molar-refractivity contribution in [3.63, 3.8) is 0 Å². The zero-order valence-corrected chi connectivity index (χ0v) is 8.90. The highest BCUT2D eigenvalue weighted by atomic mass is 19.4. The lowest BCUT2D eigenvalue weighted by atomic mass is 10.3. The molecule has 1 heterocycles. The van der Waals surface area contributed by atoms with Gasteiger partial charge in [0.05, 0.1) is 7.11 Å². The minimum absolute atomic E-state index is 0.385. The number of hydrogen-bond donors (Lipinski definition) is 0. The van der Waals surface area contributed by atoms with Gasteiger partial charge < -0.3 is 4.74 Å². The molecule has 0 N–H and O–H groups in total. The molecule has 0 saturated heterocycles. The molecule has 0 atom stereocenters. The van der Waals surface area contributed by atoms with Crippen LogP contribution in [0.3, 0.4) is 0 Å². The van der Waals surface area contributed by atoms with Gasteiger partial charge in [0.15, 0.2) is 0 Å². The van der Waals surface area contributed by atoms with Crippen LogP contribution in [0.5, 0.6) is 5.75 Å². The first-order chi connectivity index (χ1) is 8.02. The van der Waals surface area contributed by atoms with Crippen LogP contribution < -0.4 is 4.74 Å². The molecule has 0 aliphatic carbocycles. The molecule has 3 nitrogen and oxygen atoms in total. The van der Waals surface area contributed by atoms with Gasteiger partial charge >= 0.3 is 6.18 Å². The average Bonchev–Trinajstić information content (AvgIpc) is 2.78. The first kappa shape index (κ1) is 11.5. The van der Waals surface area contributed by atoms with E-state index >= 15 is 0 Å². The quantitative estimate of drug-likeness (QED) is 0.809. The smallest absolute Gasteiger partial charge is 0.450 e. The molecule has 0 bridgehead atoms. The Kier molecular flexibility index (Phi) is 2.79. The molecule has 2 aromatic rings. The second-order valence-corrected chi connectivity index (χ2v) is 3.32. The van der Waals surface area contributed by atoms with Gasteiger partial charge in [0.25, 0.3) is 0 Å². The van der Waals surface area contributed by atoms with Crippen molar-refractivity contribution in [1.29, 1.82) is 0 Å². The number of imidazole rings is 1. The Hall–Kier alpha value is -1.98. The number of ether oxygens (including phenoxy) is 1. The van der Waals surface area contributed by atoms with Crippen molar-refractivity contribution in [3.8, 4) is 11.4 Å². The second kappa shape index (κ2) is 4.12. The van der Waals surface area contributed by atoms with Crippen molar-refractivity contribution in [2.75, 3.05) is 7.11 Å². The zero-order chi connectivity index (χ0) is 12.5. The third-order valence-corrected chi connectivity index (χ3v) is 2.24. The summed E-state index contributed by atoms with van der Waals surface area (Å²) in [7, 11) is 1.49. The van der Waals surface area contributed by atoms with Crippen LogP contribution in [-0.2, 0) is 6.18 Å². The van der Waals surface area contributed by atoms with Crippen molar-refractivity contribution >= 4 is 0 Å². The third kappa shape index (κ3) is 2.25. The van der Waals surface area contributed by atoms with E-state index in [0.29, 0.717) is 11.4 Å². The van der Waals surface area contributed by atoms with Crippen LogP contribution in [-0.4, -0.2) is 16.7 Å². The number of methoxy groups -OCH3 is 1. The van der Waals surface area contributed by atoms with Gasteiger partial charge in [-0.05, 0) is 24.3 Å². The molecule has 90 valence electrons. The highest BCUT2D eigenvalue weighted by Crippen LogP contribution is 2.29. The van der Waals surface area contributed by atoms with Crippen LogP contribution in [0.4, 0.5) is 13.2 Å². The Morgan fingerprint density at radius 1 is 1.18 bits per heavy atom. The molecular weight excluding hydrogens is 233 g/mol. The Bertz CT molecular complexity index is 502.